The van der Waals surface area contributed by atoms with E-state index in [-0.39, 0.29) is 17.9 Å². The SMILES string of the molecule is CC1(C)CCC[C@@]2(C)[C@H]1[C@H](OC(=O)/C=C/C=C/C=C/C(=O)O)C=C1COC(=O)[C@]12O. The molecule has 1 saturated carbocycles. The molecule has 7 heteroatoms. The van der Waals surface area contributed by atoms with Crippen LogP contribution in [0.1, 0.15) is 40.0 Å². The lowest BCUT2D eigenvalue weighted by molar-refractivity contribution is -0.194. The van der Waals surface area contributed by atoms with E-state index in [9.17, 15) is 19.5 Å². The summed E-state index contributed by atoms with van der Waals surface area (Å²) in [6, 6.07) is 0. The van der Waals surface area contributed by atoms with Gasteiger partial charge in [-0.1, -0.05) is 51.5 Å². The molecule has 7 nitrogen and oxygen atoms in total. The van der Waals surface area contributed by atoms with Crippen molar-refractivity contribution in [2.24, 2.45) is 16.7 Å². The number of ether oxygens (including phenoxy) is 2. The third kappa shape index (κ3) is 3.62. The molecule has 2 fully saturated rings. The van der Waals surface area contributed by atoms with Crippen molar-refractivity contribution in [3.05, 3.63) is 48.1 Å². The Hall–Kier alpha value is -2.67. The fourth-order valence-corrected chi connectivity index (χ4v) is 5.52. The van der Waals surface area contributed by atoms with Crippen LogP contribution in [0.25, 0.3) is 0 Å². The Kier molecular flexibility index (Phi) is 5.78. The Morgan fingerprint density at radius 2 is 1.80 bits per heavy atom. The highest BCUT2D eigenvalue weighted by Crippen LogP contribution is 2.63. The second-order valence-electron chi connectivity index (χ2n) is 9.06. The van der Waals surface area contributed by atoms with Crippen LogP contribution in [0, 0.1) is 16.7 Å². The van der Waals surface area contributed by atoms with Crippen molar-refractivity contribution in [2.45, 2.75) is 51.7 Å². The molecular formula is C23H28O7. The molecule has 1 heterocycles. The van der Waals surface area contributed by atoms with Gasteiger partial charge >= 0.3 is 17.9 Å². The summed E-state index contributed by atoms with van der Waals surface area (Å²) in [5.74, 6) is -2.49. The molecule has 2 N–H and O–H groups in total. The molecule has 0 aromatic rings. The molecule has 2 aliphatic carbocycles. The van der Waals surface area contributed by atoms with Crippen LogP contribution in [-0.4, -0.2) is 46.4 Å². The highest BCUT2D eigenvalue weighted by molar-refractivity contribution is 5.88. The smallest absolute Gasteiger partial charge is 0.343 e. The van der Waals surface area contributed by atoms with Crippen molar-refractivity contribution >= 4 is 17.9 Å². The quantitative estimate of drug-likeness (QED) is 0.307. The number of cyclic esters (lactones) is 1. The number of hydrogen-bond acceptors (Lipinski definition) is 6. The molecule has 0 aromatic carbocycles. The Morgan fingerprint density at radius 1 is 1.13 bits per heavy atom. The highest BCUT2D eigenvalue weighted by atomic mass is 16.6. The lowest BCUT2D eigenvalue weighted by Crippen LogP contribution is -2.65. The van der Waals surface area contributed by atoms with Gasteiger partial charge in [0.15, 0.2) is 5.60 Å². The summed E-state index contributed by atoms with van der Waals surface area (Å²) in [6.45, 7) is 6.05. The molecular weight excluding hydrogens is 388 g/mol. The molecule has 30 heavy (non-hydrogen) atoms. The normalized spacial score (nSPS) is 35.2. The fourth-order valence-electron chi connectivity index (χ4n) is 5.52. The van der Waals surface area contributed by atoms with Crippen LogP contribution in [-0.2, 0) is 23.9 Å². The van der Waals surface area contributed by atoms with E-state index in [4.69, 9.17) is 14.6 Å². The van der Waals surface area contributed by atoms with E-state index in [0.29, 0.717) is 12.0 Å². The van der Waals surface area contributed by atoms with E-state index >= 15 is 0 Å². The number of hydrogen-bond donors (Lipinski definition) is 2. The summed E-state index contributed by atoms with van der Waals surface area (Å²) in [4.78, 5) is 35.4. The summed E-state index contributed by atoms with van der Waals surface area (Å²) >= 11 is 0. The van der Waals surface area contributed by atoms with Gasteiger partial charge in [0, 0.05) is 29.1 Å². The van der Waals surface area contributed by atoms with Gasteiger partial charge in [0.2, 0.25) is 0 Å². The zero-order chi connectivity index (χ0) is 22.2. The van der Waals surface area contributed by atoms with Gasteiger partial charge in [0.05, 0.1) is 0 Å². The molecule has 0 spiro atoms. The number of carbonyl (C=O) groups is 3. The van der Waals surface area contributed by atoms with Crippen molar-refractivity contribution in [1.82, 2.24) is 0 Å². The number of rotatable bonds is 5. The van der Waals surface area contributed by atoms with Crippen LogP contribution in [0.15, 0.2) is 48.1 Å². The number of aliphatic carboxylic acids is 1. The predicted molar refractivity (Wildman–Crippen MR) is 108 cm³/mol. The number of allylic oxidation sites excluding steroid dienone is 4. The van der Waals surface area contributed by atoms with Crippen molar-refractivity contribution in [3.8, 4) is 0 Å². The minimum Gasteiger partial charge on any atom is -0.478 e. The van der Waals surface area contributed by atoms with Crippen LogP contribution in [0.4, 0.5) is 0 Å². The topological polar surface area (TPSA) is 110 Å². The second kappa shape index (κ2) is 7.87. The van der Waals surface area contributed by atoms with Gasteiger partial charge in [0.25, 0.3) is 0 Å². The van der Waals surface area contributed by atoms with E-state index in [0.717, 1.165) is 18.9 Å². The van der Waals surface area contributed by atoms with E-state index in [1.54, 1.807) is 6.08 Å². The fraction of sp³-hybridized carbons (Fsp3) is 0.522. The minimum atomic E-state index is -1.69. The lowest BCUT2D eigenvalue weighted by atomic mass is 9.46. The first kappa shape index (κ1) is 22.0. The maximum Gasteiger partial charge on any atom is 0.343 e. The van der Waals surface area contributed by atoms with Gasteiger partial charge in [-0.3, -0.25) is 0 Å². The van der Waals surface area contributed by atoms with E-state index in [1.807, 2.05) is 6.92 Å². The molecule has 162 valence electrons. The van der Waals surface area contributed by atoms with Crippen LogP contribution in [0.3, 0.4) is 0 Å². The van der Waals surface area contributed by atoms with Gasteiger partial charge in [-0.2, -0.15) is 0 Å². The third-order valence-electron chi connectivity index (χ3n) is 6.74. The van der Waals surface area contributed by atoms with Crippen LogP contribution < -0.4 is 0 Å². The van der Waals surface area contributed by atoms with Gasteiger partial charge in [-0.15, -0.1) is 0 Å². The van der Waals surface area contributed by atoms with E-state index in [2.05, 4.69) is 13.8 Å². The van der Waals surface area contributed by atoms with Crippen LogP contribution in [0.5, 0.6) is 0 Å². The van der Waals surface area contributed by atoms with Gasteiger partial charge in [-0.05, 0) is 24.3 Å². The monoisotopic (exact) mass is 416 g/mol. The van der Waals surface area contributed by atoms with Crippen molar-refractivity contribution in [3.63, 3.8) is 0 Å². The number of fused-ring (bicyclic) bond motifs is 3. The zero-order valence-electron chi connectivity index (χ0n) is 17.5. The van der Waals surface area contributed by atoms with Gasteiger partial charge in [-0.25, -0.2) is 14.4 Å². The average molecular weight is 416 g/mol. The molecule has 1 aliphatic heterocycles. The van der Waals surface area contributed by atoms with Crippen LogP contribution in [0.2, 0.25) is 0 Å². The largest absolute Gasteiger partial charge is 0.478 e. The average Bonchev–Trinajstić information content (AvgIpc) is 2.93. The Bertz CT molecular complexity index is 863. The lowest BCUT2D eigenvalue weighted by Gasteiger charge is -2.59. The molecule has 3 aliphatic rings. The maximum atomic E-state index is 12.5. The number of carboxylic acid groups (broad SMARTS) is 1. The number of esters is 2. The van der Waals surface area contributed by atoms with Crippen molar-refractivity contribution < 1.29 is 34.1 Å². The van der Waals surface area contributed by atoms with Crippen LogP contribution >= 0.6 is 0 Å². The Labute approximate surface area is 175 Å². The molecule has 0 radical (unpaired) electrons. The molecule has 0 bridgehead atoms. The zero-order valence-corrected chi connectivity index (χ0v) is 17.5. The maximum absolute atomic E-state index is 12.5. The summed E-state index contributed by atoms with van der Waals surface area (Å²) in [5.41, 5.74) is -2.29. The predicted octanol–water partition coefficient (Wildman–Crippen LogP) is 2.71. The first-order valence-corrected chi connectivity index (χ1v) is 10.1. The first-order chi connectivity index (χ1) is 14.0. The highest BCUT2D eigenvalue weighted by Gasteiger charge is 2.69. The van der Waals surface area contributed by atoms with Crippen molar-refractivity contribution in [2.75, 3.05) is 6.61 Å². The third-order valence-corrected chi connectivity index (χ3v) is 6.74. The molecule has 0 aromatic heterocycles. The first-order valence-electron chi connectivity index (χ1n) is 10.1. The molecule has 3 rings (SSSR count). The molecule has 1 saturated heterocycles. The summed E-state index contributed by atoms with van der Waals surface area (Å²) in [7, 11) is 0. The van der Waals surface area contributed by atoms with Gasteiger partial charge in [0.1, 0.15) is 12.7 Å². The molecule has 0 unspecified atom stereocenters. The minimum absolute atomic E-state index is 0.000607. The summed E-state index contributed by atoms with van der Waals surface area (Å²) in [5, 5.41) is 20.0. The van der Waals surface area contributed by atoms with E-state index < -0.39 is 35.0 Å². The standard InChI is InChI=1S/C23H28O7/c1-21(2)11-8-12-22(3)19(21)16(13-15-14-29-20(27)23(15,22)28)30-18(26)10-7-5-4-6-9-17(24)25/h4-7,9-10,13,16,19,28H,8,11-12,14H2,1-3H3,(H,24,25)/b5-4+,9-6+,10-7+/t16-,19+,22+,23-/m1/s1. The number of carbonyl (C=O) groups excluding carboxylic acids is 2. The Balaban J connectivity index is 1.85. The van der Waals surface area contributed by atoms with Crippen molar-refractivity contribution in [1.29, 1.82) is 0 Å². The Morgan fingerprint density at radius 3 is 2.47 bits per heavy atom. The van der Waals surface area contributed by atoms with E-state index in [1.165, 1.54) is 30.4 Å². The summed E-state index contributed by atoms with van der Waals surface area (Å²) in [6.07, 6.45) is 11.5. The molecule has 0 amide bonds. The number of aliphatic hydroxyl groups is 1. The van der Waals surface area contributed by atoms with Gasteiger partial charge < -0.3 is 19.7 Å². The summed E-state index contributed by atoms with van der Waals surface area (Å²) < 4.78 is 11.0. The number of carboxylic acids is 1. The second-order valence-corrected chi connectivity index (χ2v) is 9.06. The molecule has 4 atom stereocenters.